The van der Waals surface area contributed by atoms with E-state index in [1.54, 1.807) is 28.3 Å². The molecule has 0 aromatic carbocycles. The van der Waals surface area contributed by atoms with E-state index in [0.717, 1.165) is 0 Å². The zero-order valence-corrected chi connectivity index (χ0v) is 14.3. The van der Waals surface area contributed by atoms with Gasteiger partial charge in [-0.1, -0.05) is 44.6 Å². The molecule has 1 unspecified atom stereocenters. The van der Waals surface area contributed by atoms with E-state index in [9.17, 15) is 5.11 Å². The van der Waals surface area contributed by atoms with Gasteiger partial charge >= 0.3 is 9.05 Å². The summed E-state index contributed by atoms with van der Waals surface area (Å²) < 4.78 is 37.3. The maximum atomic E-state index is 9.39. The normalized spacial score (nSPS) is 10.6. The minimum absolute atomic E-state index is 0. The number of methoxy groups -OCH3 is 3. The SMILES string of the molecule is C.C.C.C.C.C.COCCO[Si](OCCOC)(OCCOC)OCC(C)O. The molecule has 27 heavy (non-hydrogen) atoms. The lowest BCUT2D eigenvalue weighted by Crippen LogP contribution is -2.52. The second-order valence-electron chi connectivity index (χ2n) is 4.18. The molecule has 0 fully saturated rings. The van der Waals surface area contributed by atoms with Crippen molar-refractivity contribution < 1.29 is 37.0 Å². The van der Waals surface area contributed by atoms with Crippen LogP contribution >= 0.6 is 0 Å². The van der Waals surface area contributed by atoms with E-state index >= 15 is 0 Å². The molecule has 0 spiro atoms. The number of hydrogen-bond acceptors (Lipinski definition) is 8. The van der Waals surface area contributed by atoms with Crippen molar-refractivity contribution in [1.82, 2.24) is 0 Å². The van der Waals surface area contributed by atoms with Gasteiger partial charge in [-0.2, -0.15) is 0 Å². The Kier molecular flexibility index (Phi) is 51.7. The molecule has 0 aromatic rings. The lowest BCUT2D eigenvalue weighted by molar-refractivity contribution is -0.0669. The molecule has 1 atom stereocenters. The first-order valence-electron chi connectivity index (χ1n) is 6.81. The minimum Gasteiger partial charge on any atom is -0.391 e. The van der Waals surface area contributed by atoms with Crippen LogP contribution in [0.2, 0.25) is 0 Å². The predicted molar refractivity (Wildman–Crippen MR) is 117 cm³/mol. The van der Waals surface area contributed by atoms with Crippen LogP contribution in [0.15, 0.2) is 0 Å². The van der Waals surface area contributed by atoms with Crippen LogP contribution in [0.25, 0.3) is 0 Å². The third kappa shape index (κ3) is 25.9. The van der Waals surface area contributed by atoms with E-state index in [1.165, 1.54) is 0 Å². The van der Waals surface area contributed by atoms with E-state index in [4.69, 9.17) is 31.9 Å². The number of hydrogen-bond donors (Lipinski definition) is 1. The highest BCUT2D eigenvalue weighted by atomic mass is 28.4. The van der Waals surface area contributed by atoms with Gasteiger partial charge in [-0.05, 0) is 6.92 Å². The lowest BCUT2D eigenvalue weighted by Gasteiger charge is -2.28. The Morgan fingerprint density at radius 2 is 0.889 bits per heavy atom. The first-order valence-corrected chi connectivity index (χ1v) is 8.44. The van der Waals surface area contributed by atoms with E-state index in [-0.39, 0.29) is 71.0 Å². The fourth-order valence-corrected chi connectivity index (χ4v) is 3.17. The van der Waals surface area contributed by atoms with Crippen LogP contribution < -0.4 is 0 Å². The summed E-state index contributed by atoms with van der Waals surface area (Å²) in [5.41, 5.74) is 0. The predicted octanol–water partition coefficient (Wildman–Crippen LogP) is 3.63. The minimum atomic E-state index is -3.37. The van der Waals surface area contributed by atoms with Crippen molar-refractivity contribution in [3.05, 3.63) is 0 Å². The van der Waals surface area contributed by atoms with Gasteiger partial charge in [-0.3, -0.25) is 0 Å². The topological polar surface area (TPSA) is 84.8 Å². The molecule has 9 heteroatoms. The molecular weight excluding hydrogens is 372 g/mol. The Morgan fingerprint density at radius 3 is 1.11 bits per heavy atom. The van der Waals surface area contributed by atoms with Crippen molar-refractivity contribution in [3.8, 4) is 0 Å². The zero-order valence-electron chi connectivity index (χ0n) is 13.3. The average Bonchev–Trinajstić information content (AvgIpc) is 2.46. The van der Waals surface area contributed by atoms with Crippen molar-refractivity contribution in [1.29, 1.82) is 0 Å². The van der Waals surface area contributed by atoms with Crippen molar-refractivity contribution in [3.63, 3.8) is 0 Å². The van der Waals surface area contributed by atoms with Gasteiger partial charge in [-0.25, -0.2) is 0 Å². The number of ether oxygens (including phenoxy) is 3. The summed E-state index contributed by atoms with van der Waals surface area (Å²) in [7, 11) is 1.34. The van der Waals surface area contributed by atoms with Gasteiger partial charge in [0, 0.05) is 21.3 Å². The van der Waals surface area contributed by atoms with Gasteiger partial charge in [0.1, 0.15) is 0 Å². The summed E-state index contributed by atoms with van der Waals surface area (Å²) in [6.45, 7) is 3.61. The number of rotatable bonds is 15. The Morgan fingerprint density at radius 1 is 0.593 bits per heavy atom. The van der Waals surface area contributed by atoms with Gasteiger partial charge < -0.3 is 37.0 Å². The third-order valence-electron chi connectivity index (χ3n) is 2.20. The van der Waals surface area contributed by atoms with Crippen LogP contribution in [0.1, 0.15) is 51.5 Å². The van der Waals surface area contributed by atoms with Crippen LogP contribution in [0.3, 0.4) is 0 Å². The highest BCUT2D eigenvalue weighted by Crippen LogP contribution is 2.13. The first kappa shape index (κ1) is 45.6. The van der Waals surface area contributed by atoms with E-state index in [2.05, 4.69) is 0 Å². The maximum Gasteiger partial charge on any atom is 0.680 e. The van der Waals surface area contributed by atoms with Crippen LogP contribution in [0.4, 0.5) is 0 Å². The molecule has 0 aliphatic heterocycles. The van der Waals surface area contributed by atoms with Crippen molar-refractivity contribution in [2.45, 2.75) is 57.6 Å². The summed E-state index contributed by atoms with van der Waals surface area (Å²) in [4.78, 5) is 0. The Hall–Kier alpha value is -0.103. The zero-order chi connectivity index (χ0) is 16.0. The van der Waals surface area contributed by atoms with E-state index in [1.807, 2.05) is 0 Å². The Balaban J connectivity index is -0.000000133. The summed E-state index contributed by atoms with van der Waals surface area (Å²) in [5.74, 6) is 0. The first-order chi connectivity index (χ1) is 10.1. The van der Waals surface area contributed by atoms with Gasteiger partial charge in [0.15, 0.2) is 0 Å². The molecule has 0 aromatic heterocycles. The highest BCUT2D eigenvalue weighted by Gasteiger charge is 2.46. The van der Waals surface area contributed by atoms with E-state index in [0.29, 0.717) is 19.8 Å². The molecule has 0 rings (SSSR count). The maximum absolute atomic E-state index is 9.39. The van der Waals surface area contributed by atoms with Crippen LogP contribution in [-0.4, -0.2) is 87.8 Å². The van der Waals surface area contributed by atoms with Crippen molar-refractivity contribution in [2.24, 2.45) is 0 Å². The number of aliphatic hydroxyl groups excluding tert-OH is 1. The van der Waals surface area contributed by atoms with Gasteiger partial charge in [0.2, 0.25) is 0 Å². The highest BCUT2D eigenvalue weighted by molar-refractivity contribution is 6.53. The molecular formula is C18H52O8Si. The number of aliphatic hydroxyl groups is 1. The largest absolute Gasteiger partial charge is 0.680 e. The van der Waals surface area contributed by atoms with Crippen LogP contribution in [-0.2, 0) is 31.9 Å². The summed E-state index contributed by atoms with van der Waals surface area (Å²) >= 11 is 0. The van der Waals surface area contributed by atoms with E-state index < -0.39 is 15.2 Å². The summed E-state index contributed by atoms with van der Waals surface area (Å²) in [6.07, 6.45) is -0.653. The molecule has 0 saturated heterocycles. The molecule has 8 nitrogen and oxygen atoms in total. The molecule has 0 aliphatic carbocycles. The average molecular weight is 425 g/mol. The molecule has 0 radical (unpaired) electrons. The molecule has 0 heterocycles. The molecule has 0 aliphatic rings. The Bertz CT molecular complexity index is 207. The second-order valence-corrected chi connectivity index (χ2v) is 6.34. The standard InChI is InChI=1S/C12H28O8Si.6CH4/c1-12(13)11-20-21(17-8-5-14-2,18-9-6-15-3)19-10-7-16-4;;;;;;/h12-13H,5-11H2,1-4H3;6*1H4. The second kappa shape index (κ2) is 30.6. The molecule has 0 saturated carbocycles. The fraction of sp³-hybridized carbons (Fsp3) is 1.00. The quantitative estimate of drug-likeness (QED) is 0.315. The van der Waals surface area contributed by atoms with Crippen LogP contribution in [0, 0.1) is 0 Å². The van der Waals surface area contributed by atoms with Crippen molar-refractivity contribution >= 4 is 9.05 Å². The lowest BCUT2D eigenvalue weighted by atomic mass is 10.5. The molecule has 176 valence electrons. The molecule has 0 bridgehead atoms. The van der Waals surface area contributed by atoms with Gasteiger partial charge in [0.05, 0.1) is 52.4 Å². The Labute approximate surface area is 171 Å². The third-order valence-corrected chi connectivity index (χ3v) is 4.39. The molecule has 0 amide bonds. The monoisotopic (exact) mass is 424 g/mol. The van der Waals surface area contributed by atoms with Gasteiger partial charge in [0.25, 0.3) is 0 Å². The summed E-state index contributed by atoms with van der Waals surface area (Å²) in [5, 5.41) is 9.39. The molecule has 1 N–H and O–H groups in total. The smallest absolute Gasteiger partial charge is 0.391 e. The summed E-state index contributed by atoms with van der Waals surface area (Å²) in [6, 6.07) is 0. The van der Waals surface area contributed by atoms with Crippen LogP contribution in [0.5, 0.6) is 0 Å². The van der Waals surface area contributed by atoms with Gasteiger partial charge in [-0.15, -0.1) is 0 Å². The fourth-order valence-electron chi connectivity index (χ4n) is 1.22. The van der Waals surface area contributed by atoms with Crippen molar-refractivity contribution in [2.75, 3.05) is 67.6 Å².